The lowest BCUT2D eigenvalue weighted by Gasteiger charge is -2.07. The van der Waals surface area contributed by atoms with Crippen molar-refractivity contribution in [1.82, 2.24) is 15.1 Å². The minimum atomic E-state index is -0.117. The van der Waals surface area contributed by atoms with Crippen LogP contribution >= 0.6 is 11.3 Å². The number of benzene rings is 1. The number of fused-ring (bicyclic) bond motifs is 1. The van der Waals surface area contributed by atoms with Crippen LogP contribution in [0.3, 0.4) is 0 Å². The number of nitrogens with one attached hydrogen (secondary N) is 1. The zero-order valence-electron chi connectivity index (χ0n) is 13.2. The van der Waals surface area contributed by atoms with Crippen molar-refractivity contribution >= 4 is 33.8 Å². The molecule has 0 bridgehead atoms. The summed E-state index contributed by atoms with van der Waals surface area (Å²) in [5.74, 6) is 0.896. The minimum absolute atomic E-state index is 0.117. The van der Waals surface area contributed by atoms with Gasteiger partial charge in [0.2, 0.25) is 17.6 Å². The maximum Gasteiger partial charge on any atom is 0.227 e. The fourth-order valence-electron chi connectivity index (χ4n) is 2.50. The van der Waals surface area contributed by atoms with Gasteiger partial charge in [0.1, 0.15) is 0 Å². The summed E-state index contributed by atoms with van der Waals surface area (Å²) in [6.45, 7) is 0. The highest BCUT2D eigenvalue weighted by Crippen LogP contribution is 2.22. The van der Waals surface area contributed by atoms with Crippen molar-refractivity contribution in [1.29, 1.82) is 0 Å². The summed E-state index contributed by atoms with van der Waals surface area (Å²) in [7, 11) is 0. The van der Waals surface area contributed by atoms with Crippen molar-refractivity contribution in [2.24, 2.45) is 0 Å². The third-order valence-corrected chi connectivity index (χ3v) is 4.55. The molecule has 3 heterocycles. The predicted molar refractivity (Wildman–Crippen MR) is 96.3 cm³/mol. The smallest absolute Gasteiger partial charge is 0.227 e. The summed E-state index contributed by atoms with van der Waals surface area (Å²) in [6.07, 6.45) is 2.36. The molecule has 4 aromatic rings. The second-order valence-corrected chi connectivity index (χ2v) is 6.37. The summed E-state index contributed by atoms with van der Waals surface area (Å²) in [6, 6.07) is 13.4. The second kappa shape index (κ2) is 6.82. The van der Waals surface area contributed by atoms with Crippen LogP contribution in [0.5, 0.6) is 0 Å². The molecule has 0 atom stereocenters. The molecule has 0 aliphatic heterocycles. The van der Waals surface area contributed by atoms with Gasteiger partial charge >= 0.3 is 0 Å². The third kappa shape index (κ3) is 3.41. The lowest BCUT2D eigenvalue weighted by Crippen LogP contribution is -2.13. The Hall–Kier alpha value is -3.06. The number of rotatable bonds is 5. The van der Waals surface area contributed by atoms with Gasteiger partial charge in [-0.3, -0.25) is 9.78 Å². The van der Waals surface area contributed by atoms with Crippen LogP contribution in [0.4, 0.5) is 5.69 Å². The number of amides is 1. The zero-order chi connectivity index (χ0) is 17.1. The standard InChI is InChI=1S/C18H14N4O2S/c23-15(20-13-6-1-4-12-5-2-10-19-17(12)13)8-9-16-21-18(22-24-16)14-7-3-11-25-14/h1-7,10-11H,8-9H2,(H,20,23). The number of anilines is 1. The Morgan fingerprint density at radius 3 is 2.96 bits per heavy atom. The molecule has 25 heavy (non-hydrogen) atoms. The van der Waals surface area contributed by atoms with Gasteiger partial charge in [0.25, 0.3) is 0 Å². The number of aryl methyl sites for hydroxylation is 1. The van der Waals surface area contributed by atoms with Gasteiger partial charge in [-0.2, -0.15) is 4.98 Å². The Bertz CT molecular complexity index is 1010. The first-order valence-electron chi connectivity index (χ1n) is 7.80. The SMILES string of the molecule is O=C(CCc1nc(-c2cccs2)no1)Nc1cccc2cccnc12. The van der Waals surface area contributed by atoms with Gasteiger partial charge in [-0.05, 0) is 23.6 Å². The van der Waals surface area contributed by atoms with E-state index in [1.54, 1.807) is 17.5 Å². The van der Waals surface area contributed by atoms with Gasteiger partial charge in [-0.15, -0.1) is 11.3 Å². The normalized spacial score (nSPS) is 10.9. The number of carbonyl (C=O) groups excluding carboxylic acids is 1. The van der Waals surface area contributed by atoms with E-state index in [1.807, 2.05) is 47.8 Å². The molecule has 7 heteroatoms. The molecule has 0 aliphatic carbocycles. The summed E-state index contributed by atoms with van der Waals surface area (Å²) in [5.41, 5.74) is 1.48. The summed E-state index contributed by atoms with van der Waals surface area (Å²) >= 11 is 1.55. The second-order valence-electron chi connectivity index (χ2n) is 5.42. The average Bonchev–Trinajstić information content (AvgIpc) is 3.32. The molecular formula is C18H14N4O2S. The van der Waals surface area contributed by atoms with Gasteiger partial charge in [0, 0.05) is 24.4 Å². The molecule has 3 aromatic heterocycles. The van der Waals surface area contributed by atoms with Gasteiger partial charge in [-0.1, -0.05) is 29.4 Å². The molecule has 0 saturated carbocycles. The lowest BCUT2D eigenvalue weighted by molar-refractivity contribution is -0.116. The number of pyridine rings is 1. The van der Waals surface area contributed by atoms with Crippen LogP contribution in [0.15, 0.2) is 58.6 Å². The van der Waals surface area contributed by atoms with Crippen LogP contribution in [-0.2, 0) is 11.2 Å². The molecule has 0 aliphatic rings. The topological polar surface area (TPSA) is 80.9 Å². The van der Waals surface area contributed by atoms with Crippen molar-refractivity contribution < 1.29 is 9.32 Å². The van der Waals surface area contributed by atoms with Crippen LogP contribution < -0.4 is 5.32 Å². The fraction of sp³-hybridized carbons (Fsp3) is 0.111. The van der Waals surface area contributed by atoms with Crippen LogP contribution in [0.25, 0.3) is 21.6 Å². The largest absolute Gasteiger partial charge is 0.339 e. The van der Waals surface area contributed by atoms with E-state index in [1.165, 1.54) is 0 Å². The predicted octanol–water partition coefficient (Wildman–Crippen LogP) is 3.92. The molecular weight excluding hydrogens is 336 g/mol. The molecule has 6 nitrogen and oxygen atoms in total. The maximum absolute atomic E-state index is 12.2. The number of para-hydroxylation sites is 1. The molecule has 0 unspecified atom stereocenters. The quantitative estimate of drug-likeness (QED) is 0.590. The van der Waals surface area contributed by atoms with Crippen molar-refractivity contribution in [2.45, 2.75) is 12.8 Å². The summed E-state index contributed by atoms with van der Waals surface area (Å²) in [5, 5.41) is 9.78. The maximum atomic E-state index is 12.2. The number of nitrogens with zero attached hydrogens (tertiary/aromatic N) is 3. The highest BCUT2D eigenvalue weighted by Gasteiger charge is 2.12. The zero-order valence-corrected chi connectivity index (χ0v) is 14.0. The van der Waals surface area contributed by atoms with E-state index in [0.717, 1.165) is 15.8 Å². The minimum Gasteiger partial charge on any atom is -0.339 e. The Labute approximate surface area is 147 Å². The van der Waals surface area contributed by atoms with Gasteiger partial charge < -0.3 is 9.84 Å². The Balaban J connectivity index is 1.41. The van der Waals surface area contributed by atoms with Crippen LogP contribution in [0.2, 0.25) is 0 Å². The molecule has 0 saturated heterocycles. The number of aromatic nitrogens is 3. The van der Waals surface area contributed by atoms with E-state index in [0.29, 0.717) is 23.8 Å². The Morgan fingerprint density at radius 2 is 2.08 bits per heavy atom. The first kappa shape index (κ1) is 15.5. The van der Waals surface area contributed by atoms with Crippen molar-refractivity contribution in [2.75, 3.05) is 5.32 Å². The van der Waals surface area contributed by atoms with Crippen LogP contribution in [0.1, 0.15) is 12.3 Å². The first-order chi connectivity index (χ1) is 12.3. The van der Waals surface area contributed by atoms with Gasteiger partial charge in [0.05, 0.1) is 16.1 Å². The molecule has 0 spiro atoms. The first-order valence-corrected chi connectivity index (χ1v) is 8.67. The van der Waals surface area contributed by atoms with Crippen LogP contribution in [0, 0.1) is 0 Å². The lowest BCUT2D eigenvalue weighted by atomic mass is 10.2. The number of carbonyl (C=O) groups is 1. The Morgan fingerprint density at radius 1 is 1.16 bits per heavy atom. The number of hydrogen-bond donors (Lipinski definition) is 1. The monoisotopic (exact) mass is 350 g/mol. The molecule has 124 valence electrons. The van der Waals surface area contributed by atoms with E-state index in [4.69, 9.17) is 4.52 Å². The molecule has 1 aromatic carbocycles. The van der Waals surface area contributed by atoms with Crippen molar-refractivity contribution in [3.05, 3.63) is 59.9 Å². The van der Waals surface area contributed by atoms with Gasteiger partial charge in [0.15, 0.2) is 0 Å². The fourth-order valence-corrected chi connectivity index (χ4v) is 3.15. The molecule has 0 radical (unpaired) electrons. The number of hydrogen-bond acceptors (Lipinski definition) is 6. The Kier molecular flexibility index (Phi) is 4.22. The van der Waals surface area contributed by atoms with E-state index in [2.05, 4.69) is 20.4 Å². The average molecular weight is 350 g/mol. The molecule has 1 amide bonds. The number of thiophene rings is 1. The van der Waals surface area contributed by atoms with E-state index >= 15 is 0 Å². The van der Waals surface area contributed by atoms with Crippen molar-refractivity contribution in [3.63, 3.8) is 0 Å². The van der Waals surface area contributed by atoms with E-state index < -0.39 is 0 Å². The summed E-state index contributed by atoms with van der Waals surface area (Å²) in [4.78, 5) is 21.8. The van der Waals surface area contributed by atoms with E-state index in [9.17, 15) is 4.79 Å². The molecule has 1 N–H and O–H groups in total. The molecule has 4 rings (SSSR count). The van der Waals surface area contributed by atoms with Gasteiger partial charge in [-0.25, -0.2) is 0 Å². The van der Waals surface area contributed by atoms with Crippen molar-refractivity contribution in [3.8, 4) is 10.7 Å². The third-order valence-electron chi connectivity index (χ3n) is 3.68. The molecule has 0 fully saturated rings. The summed E-state index contributed by atoms with van der Waals surface area (Å²) < 4.78 is 5.21. The van der Waals surface area contributed by atoms with Crippen LogP contribution in [-0.4, -0.2) is 21.0 Å². The van der Waals surface area contributed by atoms with E-state index in [-0.39, 0.29) is 12.3 Å². The highest BCUT2D eigenvalue weighted by molar-refractivity contribution is 7.13. The highest BCUT2D eigenvalue weighted by atomic mass is 32.1.